The average Bonchev–Trinajstić information content (AvgIpc) is 2.71. The standard InChI is InChI=1S/C9H5Br2NO2S2/c1-3-6(9(13)14)12-8(15-3)5-2-4(10)7(11)16-5/h2H,1H3,(H,13,14). The molecule has 84 valence electrons. The summed E-state index contributed by atoms with van der Waals surface area (Å²) in [6, 6.07) is 1.93. The maximum Gasteiger partial charge on any atom is 0.355 e. The summed E-state index contributed by atoms with van der Waals surface area (Å²) in [5, 5.41) is 9.66. The van der Waals surface area contributed by atoms with Crippen LogP contribution in [-0.4, -0.2) is 16.1 Å². The molecule has 3 nitrogen and oxygen atoms in total. The van der Waals surface area contributed by atoms with Crippen LogP contribution in [0.15, 0.2) is 14.3 Å². The van der Waals surface area contributed by atoms with E-state index in [1.165, 1.54) is 22.7 Å². The highest BCUT2D eigenvalue weighted by molar-refractivity contribution is 9.13. The van der Waals surface area contributed by atoms with Crippen LogP contribution in [0.5, 0.6) is 0 Å². The van der Waals surface area contributed by atoms with E-state index in [4.69, 9.17) is 5.11 Å². The molecule has 0 bridgehead atoms. The molecule has 2 heterocycles. The molecule has 0 spiro atoms. The fraction of sp³-hybridized carbons (Fsp3) is 0.111. The monoisotopic (exact) mass is 381 g/mol. The SMILES string of the molecule is Cc1sc(-c2cc(Br)c(Br)s2)nc1C(=O)O. The number of carbonyl (C=O) groups is 1. The summed E-state index contributed by atoms with van der Waals surface area (Å²) >= 11 is 9.71. The minimum absolute atomic E-state index is 0.139. The third-order valence-electron chi connectivity index (χ3n) is 1.86. The molecule has 0 aliphatic heterocycles. The van der Waals surface area contributed by atoms with Gasteiger partial charge in [0.25, 0.3) is 0 Å². The van der Waals surface area contributed by atoms with Crippen LogP contribution in [0.1, 0.15) is 15.4 Å². The van der Waals surface area contributed by atoms with Gasteiger partial charge in [-0.3, -0.25) is 0 Å². The van der Waals surface area contributed by atoms with E-state index in [1.807, 2.05) is 6.07 Å². The van der Waals surface area contributed by atoms with Crippen LogP contribution < -0.4 is 0 Å². The Morgan fingerprint density at radius 1 is 1.44 bits per heavy atom. The molecule has 2 aromatic heterocycles. The molecular weight excluding hydrogens is 378 g/mol. The lowest BCUT2D eigenvalue weighted by Crippen LogP contribution is -1.98. The van der Waals surface area contributed by atoms with Gasteiger partial charge < -0.3 is 5.11 Å². The molecular formula is C9H5Br2NO2S2. The number of thiophene rings is 1. The lowest BCUT2D eigenvalue weighted by atomic mass is 10.4. The van der Waals surface area contributed by atoms with E-state index in [0.717, 1.165) is 23.0 Å². The van der Waals surface area contributed by atoms with Crippen molar-refractivity contribution in [3.05, 3.63) is 24.9 Å². The number of aryl methyl sites for hydroxylation is 1. The van der Waals surface area contributed by atoms with Crippen molar-refractivity contribution < 1.29 is 9.90 Å². The van der Waals surface area contributed by atoms with E-state index in [9.17, 15) is 4.79 Å². The zero-order valence-corrected chi connectivity index (χ0v) is 12.8. The van der Waals surface area contributed by atoms with Gasteiger partial charge in [0, 0.05) is 9.35 Å². The highest BCUT2D eigenvalue weighted by atomic mass is 79.9. The first-order valence-electron chi connectivity index (χ1n) is 4.15. The molecule has 7 heteroatoms. The third-order valence-corrected chi connectivity index (χ3v) is 6.25. The largest absolute Gasteiger partial charge is 0.476 e. The zero-order chi connectivity index (χ0) is 11.9. The van der Waals surface area contributed by atoms with E-state index in [0.29, 0.717) is 0 Å². The minimum Gasteiger partial charge on any atom is -0.476 e. The molecule has 0 unspecified atom stereocenters. The molecule has 1 N–H and O–H groups in total. The molecule has 0 saturated heterocycles. The van der Waals surface area contributed by atoms with Gasteiger partial charge in [-0.1, -0.05) is 0 Å². The van der Waals surface area contributed by atoms with Gasteiger partial charge >= 0.3 is 5.97 Å². The lowest BCUT2D eigenvalue weighted by Gasteiger charge is -1.86. The van der Waals surface area contributed by atoms with Crippen LogP contribution >= 0.6 is 54.5 Å². The molecule has 2 rings (SSSR count). The molecule has 0 aromatic carbocycles. The molecule has 0 atom stereocenters. The molecule has 2 aromatic rings. The topological polar surface area (TPSA) is 50.2 Å². The van der Waals surface area contributed by atoms with Gasteiger partial charge in [-0.05, 0) is 44.8 Å². The van der Waals surface area contributed by atoms with Crippen molar-refractivity contribution >= 4 is 60.5 Å². The highest BCUT2D eigenvalue weighted by Gasteiger charge is 2.17. The van der Waals surface area contributed by atoms with Crippen LogP contribution in [-0.2, 0) is 0 Å². The van der Waals surface area contributed by atoms with Gasteiger partial charge in [-0.25, -0.2) is 9.78 Å². The fourth-order valence-corrected chi connectivity index (χ4v) is 4.14. The van der Waals surface area contributed by atoms with E-state index in [1.54, 1.807) is 6.92 Å². The molecule has 0 radical (unpaired) electrons. The summed E-state index contributed by atoms with van der Waals surface area (Å²) in [5.41, 5.74) is 0.139. The van der Waals surface area contributed by atoms with E-state index >= 15 is 0 Å². The van der Waals surface area contributed by atoms with E-state index < -0.39 is 5.97 Å². The Morgan fingerprint density at radius 2 is 2.12 bits per heavy atom. The molecule has 0 aliphatic carbocycles. The summed E-state index contributed by atoms with van der Waals surface area (Å²) in [4.78, 5) is 16.7. The Hall–Kier alpha value is -0.240. The molecule has 0 fully saturated rings. The number of rotatable bonds is 2. The number of carboxylic acid groups (broad SMARTS) is 1. The fourth-order valence-electron chi connectivity index (χ4n) is 1.15. The number of aromatic nitrogens is 1. The van der Waals surface area contributed by atoms with Crippen LogP contribution in [0.4, 0.5) is 0 Å². The summed E-state index contributed by atoms with van der Waals surface area (Å²) in [6.45, 7) is 1.77. The van der Waals surface area contributed by atoms with Gasteiger partial charge in [-0.15, -0.1) is 22.7 Å². The predicted molar refractivity (Wildman–Crippen MR) is 72.5 cm³/mol. The zero-order valence-electron chi connectivity index (χ0n) is 7.95. The Labute approximate surface area is 116 Å². The Bertz CT molecular complexity index is 542. The summed E-state index contributed by atoms with van der Waals surface area (Å²) in [7, 11) is 0. The van der Waals surface area contributed by atoms with Crippen molar-refractivity contribution in [2.75, 3.05) is 0 Å². The normalized spacial score (nSPS) is 10.7. The Balaban J connectivity index is 2.49. The van der Waals surface area contributed by atoms with Crippen LogP contribution in [0.2, 0.25) is 0 Å². The summed E-state index contributed by atoms with van der Waals surface area (Å²) in [6.07, 6.45) is 0. The number of halogens is 2. The molecule has 0 aliphatic rings. The smallest absolute Gasteiger partial charge is 0.355 e. The van der Waals surface area contributed by atoms with Gasteiger partial charge in [0.15, 0.2) is 5.69 Å². The quantitative estimate of drug-likeness (QED) is 0.837. The Kier molecular flexibility index (Phi) is 3.48. The molecule has 0 saturated carbocycles. The number of hydrogen-bond acceptors (Lipinski definition) is 4. The first-order chi connectivity index (χ1) is 7.49. The van der Waals surface area contributed by atoms with Crippen molar-refractivity contribution in [2.45, 2.75) is 6.92 Å². The second-order valence-electron chi connectivity index (χ2n) is 2.96. The van der Waals surface area contributed by atoms with Gasteiger partial charge in [0.2, 0.25) is 0 Å². The maximum atomic E-state index is 10.9. The number of nitrogens with zero attached hydrogens (tertiary/aromatic N) is 1. The van der Waals surface area contributed by atoms with Gasteiger partial charge in [0.05, 0.1) is 8.66 Å². The third kappa shape index (κ3) is 2.22. The summed E-state index contributed by atoms with van der Waals surface area (Å²) < 4.78 is 1.93. The average molecular weight is 383 g/mol. The Morgan fingerprint density at radius 3 is 2.56 bits per heavy atom. The van der Waals surface area contributed by atoms with Crippen LogP contribution in [0.3, 0.4) is 0 Å². The second kappa shape index (κ2) is 4.56. The second-order valence-corrected chi connectivity index (χ2v) is 7.39. The number of carboxylic acids is 1. The van der Waals surface area contributed by atoms with E-state index in [-0.39, 0.29) is 5.69 Å². The predicted octanol–water partition coefficient (Wildman–Crippen LogP) is 4.40. The van der Waals surface area contributed by atoms with Crippen molar-refractivity contribution in [1.29, 1.82) is 0 Å². The number of hydrogen-bond donors (Lipinski definition) is 1. The molecule has 0 amide bonds. The first-order valence-corrected chi connectivity index (χ1v) is 7.37. The van der Waals surface area contributed by atoms with Crippen LogP contribution in [0.25, 0.3) is 9.88 Å². The van der Waals surface area contributed by atoms with Crippen molar-refractivity contribution in [1.82, 2.24) is 4.98 Å². The maximum absolute atomic E-state index is 10.9. The lowest BCUT2D eigenvalue weighted by molar-refractivity contribution is 0.0690. The van der Waals surface area contributed by atoms with Crippen molar-refractivity contribution in [3.63, 3.8) is 0 Å². The van der Waals surface area contributed by atoms with E-state index in [2.05, 4.69) is 36.8 Å². The van der Waals surface area contributed by atoms with Gasteiger partial charge in [0.1, 0.15) is 5.01 Å². The minimum atomic E-state index is -0.977. The summed E-state index contributed by atoms with van der Waals surface area (Å²) in [5.74, 6) is -0.977. The number of thiazole rings is 1. The molecule has 16 heavy (non-hydrogen) atoms. The first kappa shape index (κ1) is 12.2. The van der Waals surface area contributed by atoms with Gasteiger partial charge in [-0.2, -0.15) is 0 Å². The van der Waals surface area contributed by atoms with Crippen LogP contribution in [0, 0.1) is 6.92 Å². The van der Waals surface area contributed by atoms with Crippen molar-refractivity contribution in [2.24, 2.45) is 0 Å². The highest BCUT2D eigenvalue weighted by Crippen LogP contribution is 2.40. The van der Waals surface area contributed by atoms with Crippen molar-refractivity contribution in [3.8, 4) is 9.88 Å². The number of aromatic carboxylic acids is 1.